The van der Waals surface area contributed by atoms with E-state index in [-0.39, 0.29) is 18.9 Å². The van der Waals surface area contributed by atoms with Gasteiger partial charge in [-0.3, -0.25) is 9.10 Å². The van der Waals surface area contributed by atoms with Gasteiger partial charge in [-0.2, -0.15) is 0 Å². The molecule has 1 amide bonds. The van der Waals surface area contributed by atoms with Crippen molar-refractivity contribution in [2.45, 2.75) is 19.4 Å². The highest BCUT2D eigenvalue weighted by Gasteiger charge is 2.31. The lowest BCUT2D eigenvalue weighted by Crippen LogP contribution is -2.35. The van der Waals surface area contributed by atoms with Crippen molar-refractivity contribution in [2.24, 2.45) is 0 Å². The van der Waals surface area contributed by atoms with Crippen LogP contribution in [0.25, 0.3) is 0 Å². The number of sulfonamides is 1. The predicted molar refractivity (Wildman–Crippen MR) is 102 cm³/mol. The molecule has 0 spiro atoms. The van der Waals surface area contributed by atoms with Crippen LogP contribution in [0.1, 0.15) is 12.0 Å². The molecule has 1 aliphatic rings. The molecule has 138 valence electrons. The van der Waals surface area contributed by atoms with E-state index in [2.05, 4.69) is 5.32 Å². The third kappa shape index (κ3) is 4.11. The molecule has 0 fully saturated rings. The molecule has 0 radical (unpaired) electrons. The lowest BCUT2D eigenvalue weighted by atomic mass is 10.2. The van der Waals surface area contributed by atoms with Crippen LogP contribution >= 0.6 is 11.6 Å². The number of carbonyl (C=O) groups is 1. The zero-order valence-corrected chi connectivity index (χ0v) is 16.0. The smallest absolute Gasteiger partial charge is 0.265 e. The summed E-state index contributed by atoms with van der Waals surface area (Å²) in [5, 5.41) is 3.21. The molecule has 1 unspecified atom stereocenters. The Morgan fingerprint density at radius 2 is 2.04 bits per heavy atom. The zero-order valence-electron chi connectivity index (χ0n) is 14.4. The van der Waals surface area contributed by atoms with E-state index >= 15 is 0 Å². The van der Waals surface area contributed by atoms with Crippen LogP contribution < -0.4 is 14.4 Å². The van der Waals surface area contributed by atoms with Crippen molar-refractivity contribution in [1.29, 1.82) is 0 Å². The van der Waals surface area contributed by atoms with Gasteiger partial charge in [-0.1, -0.05) is 23.7 Å². The van der Waals surface area contributed by atoms with E-state index in [0.717, 1.165) is 11.8 Å². The lowest BCUT2D eigenvalue weighted by Gasteiger charge is -2.21. The first-order valence-electron chi connectivity index (χ1n) is 8.05. The first-order chi connectivity index (χ1) is 12.2. The summed E-state index contributed by atoms with van der Waals surface area (Å²) < 4.78 is 31.3. The Kier molecular flexibility index (Phi) is 5.11. The molecule has 0 bridgehead atoms. The second kappa shape index (κ2) is 7.17. The van der Waals surface area contributed by atoms with Gasteiger partial charge >= 0.3 is 0 Å². The molecule has 2 aromatic carbocycles. The maximum absolute atomic E-state index is 12.6. The number of aryl methyl sites for hydroxylation is 1. The maximum Gasteiger partial charge on any atom is 0.265 e. The molecule has 3 rings (SSSR count). The van der Waals surface area contributed by atoms with Crippen LogP contribution in [0.3, 0.4) is 0 Å². The van der Waals surface area contributed by atoms with E-state index in [1.165, 1.54) is 10.4 Å². The second-order valence-electron chi connectivity index (χ2n) is 6.20. The average Bonchev–Trinajstić information content (AvgIpc) is 2.73. The number of hydrogen-bond acceptors (Lipinski definition) is 4. The highest BCUT2D eigenvalue weighted by Crippen LogP contribution is 2.36. The zero-order chi connectivity index (χ0) is 18.9. The minimum Gasteiger partial charge on any atom is -0.478 e. The number of benzene rings is 2. The molecular formula is C18H19ClN2O4S. The van der Waals surface area contributed by atoms with Crippen molar-refractivity contribution in [1.82, 2.24) is 0 Å². The maximum atomic E-state index is 12.6. The van der Waals surface area contributed by atoms with Crippen molar-refractivity contribution < 1.29 is 17.9 Å². The molecule has 0 aliphatic carbocycles. The van der Waals surface area contributed by atoms with E-state index in [4.69, 9.17) is 16.3 Å². The van der Waals surface area contributed by atoms with Gasteiger partial charge in [-0.15, -0.1) is 0 Å². The molecule has 1 heterocycles. The first-order valence-corrected chi connectivity index (χ1v) is 10.3. The van der Waals surface area contributed by atoms with E-state index in [0.29, 0.717) is 22.1 Å². The molecule has 1 atom stereocenters. The number of carbonyl (C=O) groups excluding carboxylic acids is 1. The van der Waals surface area contributed by atoms with Crippen molar-refractivity contribution in [3.05, 3.63) is 53.1 Å². The Balaban J connectivity index is 1.88. The average molecular weight is 395 g/mol. The number of nitrogens with zero attached hydrogens (tertiary/aromatic N) is 1. The van der Waals surface area contributed by atoms with Gasteiger partial charge < -0.3 is 10.1 Å². The number of hydrogen-bond donors (Lipinski definition) is 1. The summed E-state index contributed by atoms with van der Waals surface area (Å²) in [7, 11) is -3.53. The highest BCUT2D eigenvalue weighted by molar-refractivity contribution is 7.92. The fraction of sp³-hybridized carbons (Fsp3) is 0.278. The Labute approximate surface area is 157 Å². The standard InChI is InChI=1S/C18H19ClN2O4S/c1-12-4-3-5-14(10-12)20-18(22)17-8-9-21(26(2,23)24)15-11-13(19)6-7-16(15)25-17/h3-7,10-11,17H,8-9H2,1-2H3,(H,20,22). The SMILES string of the molecule is Cc1cccc(NC(=O)C2CCN(S(C)(=O)=O)c3cc(Cl)ccc3O2)c1. The Morgan fingerprint density at radius 3 is 2.73 bits per heavy atom. The highest BCUT2D eigenvalue weighted by atomic mass is 35.5. The number of fused-ring (bicyclic) bond motifs is 1. The monoisotopic (exact) mass is 394 g/mol. The number of rotatable bonds is 3. The molecule has 2 aromatic rings. The normalized spacial score (nSPS) is 17.0. The van der Waals surface area contributed by atoms with Crippen molar-refractivity contribution in [2.75, 3.05) is 22.4 Å². The minimum atomic E-state index is -3.53. The van der Waals surface area contributed by atoms with E-state index in [9.17, 15) is 13.2 Å². The number of anilines is 2. The quantitative estimate of drug-likeness (QED) is 0.867. The molecule has 0 aromatic heterocycles. The van der Waals surface area contributed by atoms with Gasteiger partial charge in [0.2, 0.25) is 10.0 Å². The molecule has 1 aliphatic heterocycles. The van der Waals surface area contributed by atoms with Crippen LogP contribution in [0.15, 0.2) is 42.5 Å². The van der Waals surface area contributed by atoms with Crippen LogP contribution in [0, 0.1) is 6.92 Å². The molecule has 0 saturated carbocycles. The molecule has 6 nitrogen and oxygen atoms in total. The Morgan fingerprint density at radius 1 is 1.27 bits per heavy atom. The van der Waals surface area contributed by atoms with Gasteiger partial charge in [0.25, 0.3) is 5.91 Å². The molecule has 0 saturated heterocycles. The topological polar surface area (TPSA) is 75.7 Å². The summed E-state index contributed by atoms with van der Waals surface area (Å²) in [5.41, 5.74) is 2.03. The number of ether oxygens (including phenoxy) is 1. The summed E-state index contributed by atoms with van der Waals surface area (Å²) in [5.74, 6) is -0.0198. The van der Waals surface area contributed by atoms with Crippen LogP contribution in [-0.4, -0.2) is 33.2 Å². The number of nitrogens with one attached hydrogen (secondary N) is 1. The fourth-order valence-corrected chi connectivity index (χ4v) is 3.93. The molecule has 8 heteroatoms. The number of amides is 1. The van der Waals surface area contributed by atoms with Crippen molar-refractivity contribution in [3.8, 4) is 5.75 Å². The van der Waals surface area contributed by atoms with Crippen LogP contribution in [0.2, 0.25) is 5.02 Å². The first kappa shape index (κ1) is 18.5. The van der Waals surface area contributed by atoms with Gasteiger partial charge in [-0.25, -0.2) is 8.42 Å². The largest absolute Gasteiger partial charge is 0.478 e. The second-order valence-corrected chi connectivity index (χ2v) is 8.54. The number of halogens is 1. The van der Waals surface area contributed by atoms with Crippen LogP contribution in [0.4, 0.5) is 11.4 Å². The van der Waals surface area contributed by atoms with Gasteiger partial charge in [-0.05, 0) is 42.8 Å². The van der Waals surface area contributed by atoms with E-state index in [1.54, 1.807) is 18.2 Å². The van der Waals surface area contributed by atoms with Crippen molar-refractivity contribution in [3.63, 3.8) is 0 Å². The minimum absolute atomic E-state index is 0.123. The van der Waals surface area contributed by atoms with Gasteiger partial charge in [0.05, 0.1) is 11.9 Å². The third-order valence-corrected chi connectivity index (χ3v) is 5.45. The van der Waals surface area contributed by atoms with Crippen molar-refractivity contribution >= 4 is 38.9 Å². The lowest BCUT2D eigenvalue weighted by molar-refractivity contribution is -0.122. The predicted octanol–water partition coefficient (Wildman–Crippen LogP) is 3.20. The van der Waals surface area contributed by atoms with Gasteiger partial charge in [0.1, 0.15) is 5.75 Å². The Hall–Kier alpha value is -2.25. The van der Waals surface area contributed by atoms with Crippen LogP contribution in [-0.2, 0) is 14.8 Å². The summed E-state index contributed by atoms with van der Waals surface area (Å²) in [4.78, 5) is 12.6. The van der Waals surface area contributed by atoms with Gasteiger partial charge in [0, 0.05) is 23.7 Å². The fourth-order valence-electron chi connectivity index (χ4n) is 2.83. The summed E-state index contributed by atoms with van der Waals surface area (Å²) in [6.45, 7) is 2.06. The molecular weight excluding hydrogens is 376 g/mol. The summed E-state index contributed by atoms with van der Waals surface area (Å²) >= 11 is 6.01. The molecule has 26 heavy (non-hydrogen) atoms. The summed E-state index contributed by atoms with van der Waals surface area (Å²) in [6.07, 6.45) is 0.518. The summed E-state index contributed by atoms with van der Waals surface area (Å²) in [6, 6.07) is 12.1. The third-order valence-electron chi connectivity index (χ3n) is 4.03. The van der Waals surface area contributed by atoms with E-state index < -0.39 is 16.1 Å². The van der Waals surface area contributed by atoms with Crippen LogP contribution in [0.5, 0.6) is 5.75 Å². The molecule has 1 N–H and O–H groups in total. The van der Waals surface area contributed by atoms with E-state index in [1.807, 2.05) is 25.1 Å². The van der Waals surface area contributed by atoms with Gasteiger partial charge in [0.15, 0.2) is 6.10 Å². The Bertz CT molecular complexity index is 946.